The molecule has 0 amide bonds. The number of benzene rings is 1. The molecule has 0 aliphatic carbocycles. The molecule has 0 saturated carbocycles. The van der Waals surface area contributed by atoms with Crippen molar-refractivity contribution in [3.05, 3.63) is 35.9 Å². The molecule has 1 aliphatic rings. The number of nitrogens with one attached hydrogen (secondary N) is 1. The molecule has 3 heteroatoms. The van der Waals surface area contributed by atoms with Crippen molar-refractivity contribution in [2.45, 2.75) is 12.1 Å². The molecule has 1 saturated heterocycles. The predicted octanol–water partition coefficient (Wildman–Crippen LogP) is 0.784. The summed E-state index contributed by atoms with van der Waals surface area (Å²) in [5, 5.41) is 11.5. The fraction of sp³-hybridized carbons (Fsp3) is 0.222. The number of carboxylic acids is 1. The lowest BCUT2D eigenvalue weighted by atomic mass is 10.1. The Hall–Kier alpha value is -1.35. The Bertz CT molecular complexity index is 297. The van der Waals surface area contributed by atoms with Gasteiger partial charge in [-0.1, -0.05) is 30.3 Å². The number of hydrogen-bond donors (Lipinski definition) is 2. The normalized spacial score (nSPS) is 26.7. The summed E-state index contributed by atoms with van der Waals surface area (Å²) in [5.41, 5.74) is 1.05. The van der Waals surface area contributed by atoms with Gasteiger partial charge in [-0.25, -0.2) is 0 Å². The van der Waals surface area contributed by atoms with Gasteiger partial charge in [0.25, 0.3) is 0 Å². The molecular formula is C9H9NO2. The SMILES string of the molecule is O=C(O)[C@H]1N[C@H]1c1ccccc1. The van der Waals surface area contributed by atoms with Crippen LogP contribution in [-0.4, -0.2) is 17.1 Å². The van der Waals surface area contributed by atoms with Crippen molar-refractivity contribution in [2.75, 3.05) is 0 Å². The molecule has 12 heavy (non-hydrogen) atoms. The van der Waals surface area contributed by atoms with Gasteiger partial charge in [0.2, 0.25) is 0 Å². The van der Waals surface area contributed by atoms with Gasteiger partial charge < -0.3 is 5.11 Å². The molecule has 2 atom stereocenters. The van der Waals surface area contributed by atoms with Crippen LogP contribution in [0.3, 0.4) is 0 Å². The van der Waals surface area contributed by atoms with Gasteiger partial charge in [0, 0.05) is 0 Å². The van der Waals surface area contributed by atoms with Crippen LogP contribution in [0.1, 0.15) is 11.6 Å². The predicted molar refractivity (Wildman–Crippen MR) is 43.7 cm³/mol. The fourth-order valence-electron chi connectivity index (χ4n) is 1.30. The van der Waals surface area contributed by atoms with Gasteiger partial charge >= 0.3 is 5.97 Å². The van der Waals surface area contributed by atoms with Gasteiger partial charge in [-0.3, -0.25) is 10.1 Å². The first-order valence-corrected chi connectivity index (χ1v) is 3.83. The molecule has 3 nitrogen and oxygen atoms in total. The first-order valence-electron chi connectivity index (χ1n) is 3.83. The van der Waals surface area contributed by atoms with Crippen molar-refractivity contribution in [2.24, 2.45) is 0 Å². The van der Waals surface area contributed by atoms with Crippen LogP contribution in [0.2, 0.25) is 0 Å². The van der Waals surface area contributed by atoms with Gasteiger partial charge in [0.05, 0.1) is 6.04 Å². The molecule has 2 N–H and O–H groups in total. The average molecular weight is 163 g/mol. The zero-order chi connectivity index (χ0) is 8.55. The van der Waals surface area contributed by atoms with E-state index in [1.807, 2.05) is 30.3 Å². The van der Waals surface area contributed by atoms with Gasteiger partial charge in [0.1, 0.15) is 6.04 Å². The maximum atomic E-state index is 10.5. The molecule has 1 aromatic rings. The molecule has 0 spiro atoms. The van der Waals surface area contributed by atoms with Crippen LogP contribution < -0.4 is 5.32 Å². The van der Waals surface area contributed by atoms with Gasteiger partial charge in [0.15, 0.2) is 0 Å². The number of hydrogen-bond acceptors (Lipinski definition) is 2. The number of carbonyl (C=O) groups is 1. The van der Waals surface area contributed by atoms with Crippen LogP contribution in [-0.2, 0) is 4.79 Å². The summed E-state index contributed by atoms with van der Waals surface area (Å²) in [7, 11) is 0. The highest BCUT2D eigenvalue weighted by Gasteiger charge is 2.43. The standard InChI is InChI=1S/C9H9NO2/c11-9(12)8-7(10-8)6-4-2-1-3-5-6/h1-5,7-8,10H,(H,11,12)/t7-,8-/m0/s1. The first kappa shape index (κ1) is 7.31. The van der Waals surface area contributed by atoms with E-state index in [1.54, 1.807) is 0 Å². The van der Waals surface area contributed by atoms with Crippen molar-refractivity contribution >= 4 is 5.97 Å². The van der Waals surface area contributed by atoms with Crippen molar-refractivity contribution in [1.82, 2.24) is 5.32 Å². The quantitative estimate of drug-likeness (QED) is 0.633. The molecule has 1 aliphatic heterocycles. The van der Waals surface area contributed by atoms with Crippen LogP contribution in [0, 0.1) is 0 Å². The summed E-state index contributed by atoms with van der Waals surface area (Å²) in [6.45, 7) is 0. The van der Waals surface area contributed by atoms with Crippen molar-refractivity contribution in [3.8, 4) is 0 Å². The largest absolute Gasteiger partial charge is 0.480 e. The number of aliphatic carboxylic acids is 1. The van der Waals surface area contributed by atoms with E-state index < -0.39 is 5.97 Å². The second-order valence-corrected chi connectivity index (χ2v) is 2.87. The summed E-state index contributed by atoms with van der Waals surface area (Å²) < 4.78 is 0. The zero-order valence-corrected chi connectivity index (χ0v) is 6.40. The zero-order valence-electron chi connectivity index (χ0n) is 6.40. The molecule has 0 bridgehead atoms. The molecule has 1 aromatic carbocycles. The van der Waals surface area contributed by atoms with E-state index in [0.717, 1.165) is 5.56 Å². The third kappa shape index (κ3) is 1.19. The summed E-state index contributed by atoms with van der Waals surface area (Å²) in [6, 6.07) is 9.24. The summed E-state index contributed by atoms with van der Waals surface area (Å²) in [6.07, 6.45) is 0. The minimum absolute atomic E-state index is 0.0173. The van der Waals surface area contributed by atoms with Crippen LogP contribution in [0.4, 0.5) is 0 Å². The summed E-state index contributed by atoms with van der Waals surface area (Å²) in [4.78, 5) is 10.5. The topological polar surface area (TPSA) is 59.2 Å². The second kappa shape index (κ2) is 2.60. The molecule has 0 unspecified atom stereocenters. The fourth-order valence-corrected chi connectivity index (χ4v) is 1.30. The minimum Gasteiger partial charge on any atom is -0.480 e. The Morgan fingerprint density at radius 3 is 2.50 bits per heavy atom. The monoisotopic (exact) mass is 163 g/mol. The highest BCUT2D eigenvalue weighted by Crippen LogP contribution is 2.29. The van der Waals surface area contributed by atoms with Crippen LogP contribution in [0.5, 0.6) is 0 Å². The Morgan fingerprint density at radius 2 is 2.00 bits per heavy atom. The second-order valence-electron chi connectivity index (χ2n) is 2.87. The summed E-state index contributed by atoms with van der Waals surface area (Å²) in [5.74, 6) is -0.774. The lowest BCUT2D eigenvalue weighted by Gasteiger charge is -1.93. The molecule has 2 rings (SSSR count). The molecule has 62 valence electrons. The number of carboxylic acid groups (broad SMARTS) is 1. The van der Waals surface area contributed by atoms with Crippen LogP contribution >= 0.6 is 0 Å². The molecule has 1 fully saturated rings. The van der Waals surface area contributed by atoms with Gasteiger partial charge in [-0.05, 0) is 5.56 Å². The van der Waals surface area contributed by atoms with Crippen molar-refractivity contribution in [3.63, 3.8) is 0 Å². The van der Waals surface area contributed by atoms with E-state index in [1.165, 1.54) is 0 Å². The maximum Gasteiger partial charge on any atom is 0.322 e. The first-order chi connectivity index (χ1) is 5.79. The number of rotatable bonds is 2. The van der Waals surface area contributed by atoms with Crippen molar-refractivity contribution < 1.29 is 9.90 Å². The summed E-state index contributed by atoms with van der Waals surface area (Å²) >= 11 is 0. The van der Waals surface area contributed by atoms with E-state index in [9.17, 15) is 4.79 Å². The van der Waals surface area contributed by atoms with E-state index in [-0.39, 0.29) is 12.1 Å². The molecule has 0 aromatic heterocycles. The minimum atomic E-state index is -0.774. The van der Waals surface area contributed by atoms with Gasteiger partial charge in [-0.2, -0.15) is 0 Å². The molecule has 1 heterocycles. The van der Waals surface area contributed by atoms with Gasteiger partial charge in [-0.15, -0.1) is 0 Å². The Balaban J connectivity index is 2.11. The Morgan fingerprint density at radius 1 is 1.33 bits per heavy atom. The van der Waals surface area contributed by atoms with E-state index in [0.29, 0.717) is 0 Å². The maximum absolute atomic E-state index is 10.5. The van der Waals surface area contributed by atoms with E-state index >= 15 is 0 Å². The van der Waals surface area contributed by atoms with Crippen LogP contribution in [0.15, 0.2) is 30.3 Å². The molecule has 0 radical (unpaired) electrons. The molecular weight excluding hydrogens is 154 g/mol. The Labute approximate surface area is 70.0 Å². The smallest absolute Gasteiger partial charge is 0.322 e. The lowest BCUT2D eigenvalue weighted by molar-refractivity contribution is -0.136. The third-order valence-corrected chi connectivity index (χ3v) is 2.01. The van der Waals surface area contributed by atoms with Crippen molar-refractivity contribution in [1.29, 1.82) is 0 Å². The third-order valence-electron chi connectivity index (χ3n) is 2.01. The van der Waals surface area contributed by atoms with Crippen LogP contribution in [0.25, 0.3) is 0 Å². The highest BCUT2D eigenvalue weighted by molar-refractivity contribution is 5.78. The lowest BCUT2D eigenvalue weighted by Crippen LogP contribution is -2.07. The van der Waals surface area contributed by atoms with E-state index in [2.05, 4.69) is 5.32 Å². The highest BCUT2D eigenvalue weighted by atomic mass is 16.4. The average Bonchev–Trinajstić information content (AvgIpc) is 2.84. The Kier molecular flexibility index (Phi) is 1.59. The van der Waals surface area contributed by atoms with E-state index in [4.69, 9.17) is 5.11 Å².